The number of ketones is 1. The van der Waals surface area contributed by atoms with Gasteiger partial charge in [-0.2, -0.15) is 0 Å². The molecule has 24 heavy (non-hydrogen) atoms. The molecular weight excluding hydrogens is 304 g/mol. The first kappa shape index (κ1) is 15.8. The SMILES string of the molecule is COc1cc2nccc(Nc3ccc(C(C)=O)cc3)c2cc1OC. The van der Waals surface area contributed by atoms with Crippen LogP contribution in [0.25, 0.3) is 10.9 Å². The molecule has 0 unspecified atom stereocenters. The lowest BCUT2D eigenvalue weighted by atomic mass is 10.1. The fourth-order valence-electron chi connectivity index (χ4n) is 2.53. The Balaban J connectivity index is 2.01. The van der Waals surface area contributed by atoms with E-state index < -0.39 is 0 Å². The molecule has 0 atom stereocenters. The first-order valence-corrected chi connectivity index (χ1v) is 7.51. The molecule has 0 fully saturated rings. The maximum absolute atomic E-state index is 11.4. The zero-order valence-electron chi connectivity index (χ0n) is 13.8. The molecule has 0 aliphatic heterocycles. The van der Waals surface area contributed by atoms with Crippen molar-refractivity contribution in [2.45, 2.75) is 6.92 Å². The second kappa shape index (κ2) is 6.58. The van der Waals surface area contributed by atoms with Gasteiger partial charge in [0, 0.05) is 34.6 Å². The van der Waals surface area contributed by atoms with Crippen LogP contribution in [0.3, 0.4) is 0 Å². The van der Waals surface area contributed by atoms with Crippen LogP contribution in [-0.2, 0) is 0 Å². The smallest absolute Gasteiger partial charge is 0.162 e. The van der Waals surface area contributed by atoms with Crippen molar-refractivity contribution in [3.05, 3.63) is 54.2 Å². The maximum Gasteiger partial charge on any atom is 0.162 e. The highest BCUT2D eigenvalue weighted by Crippen LogP contribution is 2.35. The first-order chi connectivity index (χ1) is 11.6. The third kappa shape index (κ3) is 3.01. The van der Waals surface area contributed by atoms with Gasteiger partial charge in [0.2, 0.25) is 0 Å². The number of nitrogens with zero attached hydrogens (tertiary/aromatic N) is 1. The predicted octanol–water partition coefficient (Wildman–Crippen LogP) is 4.20. The van der Waals surface area contributed by atoms with E-state index in [1.54, 1.807) is 39.5 Å². The Bertz CT molecular complexity index is 889. The number of pyridine rings is 1. The molecule has 0 saturated carbocycles. The molecule has 2 aromatic carbocycles. The lowest BCUT2D eigenvalue weighted by molar-refractivity contribution is 0.101. The first-order valence-electron chi connectivity index (χ1n) is 7.51. The Hall–Kier alpha value is -3.08. The van der Waals surface area contributed by atoms with Crippen LogP contribution in [0.1, 0.15) is 17.3 Å². The van der Waals surface area contributed by atoms with Crippen molar-refractivity contribution < 1.29 is 14.3 Å². The van der Waals surface area contributed by atoms with Gasteiger partial charge in [-0.05, 0) is 43.3 Å². The Morgan fingerprint density at radius 2 is 1.67 bits per heavy atom. The number of ether oxygens (including phenoxy) is 2. The summed E-state index contributed by atoms with van der Waals surface area (Å²) in [6.45, 7) is 1.55. The van der Waals surface area contributed by atoms with Gasteiger partial charge in [0.25, 0.3) is 0 Å². The number of Topliss-reactive ketones (excluding diaryl/α,β-unsaturated/α-hetero) is 1. The summed E-state index contributed by atoms with van der Waals surface area (Å²) in [5, 5.41) is 4.28. The summed E-state index contributed by atoms with van der Waals surface area (Å²) in [6.07, 6.45) is 1.74. The summed E-state index contributed by atoms with van der Waals surface area (Å²) in [6, 6.07) is 13.0. The van der Waals surface area contributed by atoms with E-state index in [0.717, 1.165) is 22.3 Å². The number of aromatic nitrogens is 1. The predicted molar refractivity (Wildman–Crippen MR) is 94.6 cm³/mol. The fourth-order valence-corrected chi connectivity index (χ4v) is 2.53. The largest absolute Gasteiger partial charge is 0.493 e. The Kier molecular flexibility index (Phi) is 4.33. The van der Waals surface area contributed by atoms with Gasteiger partial charge in [0.15, 0.2) is 17.3 Å². The zero-order valence-corrected chi connectivity index (χ0v) is 13.8. The normalized spacial score (nSPS) is 10.5. The van der Waals surface area contributed by atoms with Gasteiger partial charge < -0.3 is 14.8 Å². The van der Waals surface area contributed by atoms with Crippen LogP contribution in [0.15, 0.2) is 48.7 Å². The topological polar surface area (TPSA) is 60.5 Å². The van der Waals surface area contributed by atoms with Gasteiger partial charge in [0.05, 0.1) is 19.7 Å². The van der Waals surface area contributed by atoms with Gasteiger partial charge in [0.1, 0.15) is 0 Å². The number of fused-ring (bicyclic) bond motifs is 1. The van der Waals surface area contributed by atoms with Crippen LogP contribution < -0.4 is 14.8 Å². The minimum atomic E-state index is 0.0488. The van der Waals surface area contributed by atoms with Crippen LogP contribution in [0.2, 0.25) is 0 Å². The molecule has 0 aliphatic rings. The number of hydrogen-bond acceptors (Lipinski definition) is 5. The third-order valence-electron chi connectivity index (χ3n) is 3.82. The molecule has 1 aromatic heterocycles. The number of anilines is 2. The van der Waals surface area contributed by atoms with Crippen molar-refractivity contribution in [2.24, 2.45) is 0 Å². The van der Waals surface area contributed by atoms with Gasteiger partial charge >= 0.3 is 0 Å². The summed E-state index contributed by atoms with van der Waals surface area (Å²) in [4.78, 5) is 15.8. The average molecular weight is 322 g/mol. The molecule has 3 aromatic rings. The maximum atomic E-state index is 11.4. The lowest BCUT2D eigenvalue weighted by Crippen LogP contribution is -1.96. The van der Waals surface area contributed by atoms with Gasteiger partial charge in [-0.1, -0.05) is 0 Å². The number of hydrogen-bond donors (Lipinski definition) is 1. The lowest BCUT2D eigenvalue weighted by Gasteiger charge is -2.13. The van der Waals surface area contributed by atoms with Crippen LogP contribution in [0.5, 0.6) is 11.5 Å². The summed E-state index contributed by atoms with van der Waals surface area (Å²) in [7, 11) is 3.20. The molecule has 122 valence electrons. The molecule has 5 nitrogen and oxygen atoms in total. The molecule has 0 spiro atoms. The Morgan fingerprint density at radius 1 is 1.00 bits per heavy atom. The standard InChI is InChI=1S/C19H18N2O3/c1-12(22)13-4-6-14(7-5-13)21-16-8-9-20-17-11-19(24-3)18(23-2)10-15(16)17/h4-11H,1-3H3,(H,20,21). The number of nitrogens with one attached hydrogen (secondary N) is 1. The minimum absolute atomic E-state index is 0.0488. The van der Waals surface area contributed by atoms with E-state index in [1.807, 2.05) is 30.3 Å². The summed E-state index contributed by atoms with van der Waals surface area (Å²) in [5.74, 6) is 1.33. The van der Waals surface area contributed by atoms with Crippen LogP contribution in [-0.4, -0.2) is 25.0 Å². The van der Waals surface area contributed by atoms with E-state index in [2.05, 4.69) is 10.3 Å². The van der Waals surface area contributed by atoms with Crippen molar-refractivity contribution in [1.29, 1.82) is 0 Å². The Labute approximate surface area is 140 Å². The molecule has 3 rings (SSSR count). The zero-order chi connectivity index (χ0) is 17.1. The number of carbonyl (C=O) groups is 1. The van der Waals surface area contributed by atoms with Crippen LogP contribution >= 0.6 is 0 Å². The van der Waals surface area contributed by atoms with E-state index in [0.29, 0.717) is 17.1 Å². The second-order valence-electron chi connectivity index (χ2n) is 5.34. The van der Waals surface area contributed by atoms with E-state index in [-0.39, 0.29) is 5.78 Å². The van der Waals surface area contributed by atoms with Gasteiger partial charge in [-0.25, -0.2) is 0 Å². The van der Waals surface area contributed by atoms with Crippen molar-refractivity contribution >= 4 is 28.1 Å². The second-order valence-corrected chi connectivity index (χ2v) is 5.34. The van der Waals surface area contributed by atoms with Crippen molar-refractivity contribution in [2.75, 3.05) is 19.5 Å². The molecule has 0 saturated heterocycles. The molecular formula is C19H18N2O3. The number of benzene rings is 2. The van der Waals surface area contributed by atoms with E-state index >= 15 is 0 Å². The van der Waals surface area contributed by atoms with E-state index in [1.165, 1.54) is 0 Å². The van der Waals surface area contributed by atoms with Crippen LogP contribution in [0, 0.1) is 0 Å². The minimum Gasteiger partial charge on any atom is -0.493 e. The van der Waals surface area contributed by atoms with Crippen molar-refractivity contribution in [1.82, 2.24) is 4.98 Å². The molecule has 0 bridgehead atoms. The molecule has 1 heterocycles. The highest BCUT2D eigenvalue weighted by Gasteiger charge is 2.10. The molecule has 5 heteroatoms. The molecule has 0 radical (unpaired) electrons. The van der Waals surface area contributed by atoms with Crippen molar-refractivity contribution in [3.63, 3.8) is 0 Å². The fraction of sp³-hybridized carbons (Fsp3) is 0.158. The van der Waals surface area contributed by atoms with Crippen LogP contribution in [0.4, 0.5) is 11.4 Å². The molecule has 0 amide bonds. The monoisotopic (exact) mass is 322 g/mol. The van der Waals surface area contributed by atoms with Gasteiger partial charge in [-0.3, -0.25) is 9.78 Å². The Morgan fingerprint density at radius 3 is 2.29 bits per heavy atom. The quantitative estimate of drug-likeness (QED) is 0.713. The van der Waals surface area contributed by atoms with Gasteiger partial charge in [-0.15, -0.1) is 0 Å². The van der Waals surface area contributed by atoms with Crippen molar-refractivity contribution in [3.8, 4) is 11.5 Å². The molecule has 1 N–H and O–H groups in total. The summed E-state index contributed by atoms with van der Waals surface area (Å²) >= 11 is 0. The number of rotatable bonds is 5. The average Bonchev–Trinajstić information content (AvgIpc) is 2.61. The summed E-state index contributed by atoms with van der Waals surface area (Å²) < 4.78 is 10.7. The van der Waals surface area contributed by atoms with E-state index in [4.69, 9.17) is 9.47 Å². The van der Waals surface area contributed by atoms with E-state index in [9.17, 15) is 4.79 Å². The highest BCUT2D eigenvalue weighted by molar-refractivity contribution is 5.96. The third-order valence-corrected chi connectivity index (χ3v) is 3.82. The number of carbonyl (C=O) groups excluding carboxylic acids is 1. The molecule has 0 aliphatic carbocycles. The number of methoxy groups -OCH3 is 2. The summed E-state index contributed by atoms with van der Waals surface area (Å²) in [5.41, 5.74) is 3.28. The highest BCUT2D eigenvalue weighted by atomic mass is 16.5.